The monoisotopic (exact) mass is 776 g/mol. The Balaban J connectivity index is 1.06. The molecule has 61 heavy (non-hydrogen) atoms. The Hall–Kier alpha value is -8.21. The Bertz CT molecular complexity index is 3530. The smallest absolute Gasteiger partial charge is 0.164 e. The van der Waals surface area contributed by atoms with E-state index >= 15 is 0 Å². The second kappa shape index (κ2) is 14.3. The van der Waals surface area contributed by atoms with Crippen LogP contribution in [0.4, 0.5) is 0 Å². The van der Waals surface area contributed by atoms with Crippen LogP contribution in [0.15, 0.2) is 218 Å². The van der Waals surface area contributed by atoms with E-state index in [-0.39, 0.29) is 0 Å². The molecule has 0 radical (unpaired) electrons. The van der Waals surface area contributed by atoms with Crippen molar-refractivity contribution in [2.45, 2.75) is 0 Å². The third kappa shape index (κ3) is 5.88. The molecule has 0 amide bonds. The number of fused-ring (bicyclic) bond motifs is 9. The van der Waals surface area contributed by atoms with Crippen molar-refractivity contribution in [3.05, 3.63) is 218 Å². The lowest BCUT2D eigenvalue weighted by Crippen LogP contribution is -2.00. The summed E-state index contributed by atoms with van der Waals surface area (Å²) in [5.41, 5.74) is 10.9. The Morgan fingerprint density at radius 2 is 0.623 bits per heavy atom. The topological polar surface area (TPSA) is 43.6 Å². The molecular weight excluding hydrogens is 741 g/mol. The first kappa shape index (κ1) is 34.8. The fraction of sp³-hybridized carbons (Fsp3) is 0. The minimum atomic E-state index is 0.634. The van der Waals surface area contributed by atoms with Crippen molar-refractivity contribution < 1.29 is 0 Å². The molecular formula is C57H36N4. The molecule has 4 nitrogen and oxygen atoms in total. The Morgan fingerprint density at radius 3 is 1.18 bits per heavy atom. The normalized spacial score (nSPS) is 11.6. The van der Waals surface area contributed by atoms with Gasteiger partial charge in [-0.1, -0.05) is 182 Å². The molecule has 12 aromatic rings. The van der Waals surface area contributed by atoms with Gasteiger partial charge in [0.05, 0.1) is 16.7 Å². The van der Waals surface area contributed by atoms with Crippen molar-refractivity contribution in [3.8, 4) is 62.1 Å². The predicted molar refractivity (Wildman–Crippen MR) is 254 cm³/mol. The van der Waals surface area contributed by atoms with Crippen LogP contribution in [-0.2, 0) is 0 Å². The minimum absolute atomic E-state index is 0.634. The van der Waals surface area contributed by atoms with Crippen molar-refractivity contribution in [2.75, 3.05) is 0 Å². The van der Waals surface area contributed by atoms with Gasteiger partial charge in [0, 0.05) is 32.8 Å². The summed E-state index contributed by atoms with van der Waals surface area (Å²) in [5.74, 6) is 1.93. The van der Waals surface area contributed by atoms with Crippen LogP contribution in [0.3, 0.4) is 0 Å². The van der Waals surface area contributed by atoms with E-state index in [0.717, 1.165) is 44.6 Å². The summed E-state index contributed by atoms with van der Waals surface area (Å²) >= 11 is 0. The second-order valence-electron chi connectivity index (χ2n) is 15.6. The number of rotatable bonds is 6. The van der Waals surface area contributed by atoms with Crippen molar-refractivity contribution in [3.63, 3.8) is 0 Å². The lowest BCUT2D eigenvalue weighted by molar-refractivity contribution is 1.07. The van der Waals surface area contributed by atoms with Crippen LogP contribution in [0.5, 0.6) is 0 Å². The lowest BCUT2D eigenvalue weighted by Gasteiger charge is -2.19. The van der Waals surface area contributed by atoms with E-state index in [1.807, 2.05) is 60.7 Å². The third-order valence-corrected chi connectivity index (χ3v) is 12.0. The molecule has 0 aliphatic heterocycles. The highest BCUT2D eigenvalue weighted by molar-refractivity contribution is 6.28. The van der Waals surface area contributed by atoms with Crippen molar-refractivity contribution in [2.24, 2.45) is 0 Å². The Kier molecular flexibility index (Phi) is 8.13. The largest absolute Gasteiger partial charge is 0.309 e. The average molecular weight is 777 g/mol. The molecule has 0 aliphatic carbocycles. The maximum Gasteiger partial charge on any atom is 0.164 e. The first-order chi connectivity index (χ1) is 30.2. The molecule has 2 aromatic heterocycles. The molecule has 0 aliphatic rings. The van der Waals surface area contributed by atoms with Gasteiger partial charge in [-0.05, 0) is 85.6 Å². The molecule has 4 heteroatoms. The summed E-state index contributed by atoms with van der Waals surface area (Å²) in [6.45, 7) is 0. The average Bonchev–Trinajstić information content (AvgIpc) is 3.68. The van der Waals surface area contributed by atoms with Gasteiger partial charge in [-0.15, -0.1) is 0 Å². The third-order valence-electron chi connectivity index (χ3n) is 12.0. The Labute approximate surface area is 352 Å². The van der Waals surface area contributed by atoms with Gasteiger partial charge in [-0.25, -0.2) is 15.0 Å². The number of benzene rings is 10. The van der Waals surface area contributed by atoms with Crippen LogP contribution in [-0.4, -0.2) is 19.5 Å². The van der Waals surface area contributed by atoms with Crippen LogP contribution >= 0.6 is 0 Å². The number of para-hydroxylation sites is 2. The summed E-state index contributed by atoms with van der Waals surface area (Å²) in [4.78, 5) is 15.0. The van der Waals surface area contributed by atoms with Gasteiger partial charge in [0.25, 0.3) is 0 Å². The second-order valence-corrected chi connectivity index (χ2v) is 15.6. The number of aromatic nitrogens is 4. The molecule has 0 fully saturated rings. The maximum atomic E-state index is 5.03. The molecule has 284 valence electrons. The van der Waals surface area contributed by atoms with E-state index in [2.05, 4.69) is 162 Å². The molecule has 0 bridgehead atoms. The van der Waals surface area contributed by atoms with Crippen LogP contribution in [0.1, 0.15) is 0 Å². The molecule has 10 aromatic carbocycles. The van der Waals surface area contributed by atoms with Gasteiger partial charge < -0.3 is 4.57 Å². The van der Waals surface area contributed by atoms with E-state index in [1.54, 1.807) is 0 Å². The van der Waals surface area contributed by atoms with Crippen LogP contribution in [0, 0.1) is 0 Å². The summed E-state index contributed by atoms with van der Waals surface area (Å²) < 4.78 is 2.48. The first-order valence-corrected chi connectivity index (χ1v) is 20.7. The SMILES string of the molecule is c1ccc(-c2nc(-c3ccccc3)nc(-c3cccc(-c4cccc(-c5cc(-n6c7ccccc7c7ccccc76)c6c7ccccc7c7ccccc7c6c5)c4)c3)n2)cc1. The van der Waals surface area contributed by atoms with E-state index in [0.29, 0.717) is 17.5 Å². The van der Waals surface area contributed by atoms with Crippen molar-refractivity contribution >= 4 is 54.1 Å². The van der Waals surface area contributed by atoms with E-state index in [1.165, 1.54) is 54.1 Å². The van der Waals surface area contributed by atoms with E-state index in [4.69, 9.17) is 15.0 Å². The quantitative estimate of drug-likeness (QED) is 0.158. The van der Waals surface area contributed by atoms with Gasteiger partial charge in [0.1, 0.15) is 0 Å². The molecule has 0 saturated carbocycles. The summed E-state index contributed by atoms with van der Waals surface area (Å²) in [7, 11) is 0. The van der Waals surface area contributed by atoms with Crippen LogP contribution in [0.25, 0.3) is 116 Å². The number of nitrogens with zero attached hydrogens (tertiary/aromatic N) is 4. The molecule has 0 unspecified atom stereocenters. The summed E-state index contributed by atoms with van der Waals surface area (Å²) in [6.07, 6.45) is 0. The molecule has 0 atom stereocenters. The maximum absolute atomic E-state index is 5.03. The first-order valence-electron chi connectivity index (χ1n) is 20.7. The number of hydrogen-bond donors (Lipinski definition) is 0. The number of hydrogen-bond acceptors (Lipinski definition) is 3. The Morgan fingerprint density at radius 1 is 0.246 bits per heavy atom. The zero-order valence-corrected chi connectivity index (χ0v) is 33.1. The highest BCUT2D eigenvalue weighted by atomic mass is 15.0. The van der Waals surface area contributed by atoms with Gasteiger partial charge in [0.2, 0.25) is 0 Å². The lowest BCUT2D eigenvalue weighted by atomic mass is 9.90. The van der Waals surface area contributed by atoms with E-state index in [9.17, 15) is 0 Å². The van der Waals surface area contributed by atoms with Crippen LogP contribution in [0.2, 0.25) is 0 Å². The summed E-state index contributed by atoms with van der Waals surface area (Å²) in [6, 6.07) is 77.8. The highest BCUT2D eigenvalue weighted by Gasteiger charge is 2.20. The molecule has 0 N–H and O–H groups in total. The van der Waals surface area contributed by atoms with Crippen LogP contribution < -0.4 is 0 Å². The van der Waals surface area contributed by atoms with Gasteiger partial charge >= 0.3 is 0 Å². The molecule has 0 saturated heterocycles. The van der Waals surface area contributed by atoms with Gasteiger partial charge in [-0.3, -0.25) is 0 Å². The molecule has 2 heterocycles. The molecule has 0 spiro atoms. The zero-order valence-electron chi connectivity index (χ0n) is 33.1. The van der Waals surface area contributed by atoms with E-state index < -0.39 is 0 Å². The van der Waals surface area contributed by atoms with Gasteiger partial charge in [0.15, 0.2) is 17.5 Å². The highest BCUT2D eigenvalue weighted by Crippen LogP contribution is 2.44. The fourth-order valence-electron chi connectivity index (χ4n) is 9.19. The fourth-order valence-corrected chi connectivity index (χ4v) is 9.19. The van der Waals surface area contributed by atoms with Crippen molar-refractivity contribution in [1.82, 2.24) is 19.5 Å². The standard InChI is InChI=1S/C57H36N4/c1-3-17-37(18-4-1)55-58-56(38-19-5-2-6-20-38)60-57(59-55)42-24-16-22-40(34-42)39-21-15-23-41(33-39)43-35-50-46-27-8-7-25-44(46)45-26-9-10-30-49(45)54(50)53(36-43)61-51-31-13-11-28-47(51)48-29-12-14-32-52(48)61/h1-36H. The van der Waals surface area contributed by atoms with Crippen molar-refractivity contribution in [1.29, 1.82) is 0 Å². The van der Waals surface area contributed by atoms with Gasteiger partial charge in [-0.2, -0.15) is 0 Å². The predicted octanol–water partition coefficient (Wildman–Crippen LogP) is 14.8. The summed E-state index contributed by atoms with van der Waals surface area (Å²) in [5, 5.41) is 9.96. The minimum Gasteiger partial charge on any atom is -0.309 e. The molecule has 12 rings (SSSR count). The zero-order chi connectivity index (χ0) is 40.3.